The van der Waals surface area contributed by atoms with E-state index in [2.05, 4.69) is 18.7 Å². The van der Waals surface area contributed by atoms with Gasteiger partial charge in [0, 0.05) is 19.7 Å². The van der Waals surface area contributed by atoms with Crippen LogP contribution in [0.3, 0.4) is 0 Å². The summed E-state index contributed by atoms with van der Waals surface area (Å²) in [5.74, 6) is 0. The van der Waals surface area contributed by atoms with Gasteiger partial charge in [0.05, 0.1) is 12.2 Å². The van der Waals surface area contributed by atoms with E-state index in [9.17, 15) is 5.11 Å². The van der Waals surface area contributed by atoms with Gasteiger partial charge in [-0.1, -0.05) is 13.8 Å². The molecule has 3 atom stereocenters. The van der Waals surface area contributed by atoms with Crippen molar-refractivity contribution in [2.75, 3.05) is 20.2 Å². The van der Waals surface area contributed by atoms with Gasteiger partial charge in [0.1, 0.15) is 0 Å². The first-order valence-electron chi connectivity index (χ1n) is 6.49. The van der Waals surface area contributed by atoms with E-state index < -0.39 is 0 Å². The molecule has 1 aliphatic carbocycles. The number of hydrogen-bond acceptors (Lipinski definition) is 3. The fraction of sp³-hybridized carbons (Fsp3) is 1.00. The maximum atomic E-state index is 10.3. The molecule has 16 heavy (non-hydrogen) atoms. The molecule has 3 unspecified atom stereocenters. The van der Waals surface area contributed by atoms with Crippen LogP contribution in [0.1, 0.15) is 39.5 Å². The van der Waals surface area contributed by atoms with Gasteiger partial charge in [-0.3, -0.25) is 4.90 Å². The van der Waals surface area contributed by atoms with Crippen LogP contribution in [-0.4, -0.2) is 48.5 Å². The van der Waals surface area contributed by atoms with E-state index >= 15 is 0 Å². The summed E-state index contributed by atoms with van der Waals surface area (Å²) in [7, 11) is 1.79. The number of hydrogen-bond donors (Lipinski definition) is 1. The predicted molar refractivity (Wildman–Crippen MR) is 64.4 cm³/mol. The van der Waals surface area contributed by atoms with Gasteiger partial charge in [0.15, 0.2) is 0 Å². The van der Waals surface area contributed by atoms with Crippen LogP contribution in [-0.2, 0) is 4.74 Å². The maximum Gasteiger partial charge on any atom is 0.0746 e. The number of methoxy groups -OCH3 is 1. The van der Waals surface area contributed by atoms with Crippen LogP contribution in [0.2, 0.25) is 0 Å². The normalized spacial score (nSPS) is 40.1. The second-order valence-electron chi connectivity index (χ2n) is 6.03. The van der Waals surface area contributed by atoms with Crippen molar-refractivity contribution in [3.8, 4) is 0 Å². The van der Waals surface area contributed by atoms with E-state index in [1.165, 1.54) is 12.8 Å². The summed E-state index contributed by atoms with van der Waals surface area (Å²) in [6.07, 6.45) is 4.81. The van der Waals surface area contributed by atoms with E-state index in [4.69, 9.17) is 4.74 Å². The predicted octanol–water partition coefficient (Wildman–Crippen LogP) is 1.65. The Kier molecular flexibility index (Phi) is 3.57. The molecule has 0 amide bonds. The Bertz CT molecular complexity index is 242. The molecule has 1 saturated heterocycles. The van der Waals surface area contributed by atoms with Crippen molar-refractivity contribution in [3.63, 3.8) is 0 Å². The van der Waals surface area contributed by atoms with Crippen LogP contribution >= 0.6 is 0 Å². The summed E-state index contributed by atoms with van der Waals surface area (Å²) in [6, 6.07) is 0.355. The fourth-order valence-electron chi connectivity index (χ4n) is 3.19. The quantitative estimate of drug-likeness (QED) is 0.778. The lowest BCUT2D eigenvalue weighted by molar-refractivity contribution is -0.0292. The summed E-state index contributed by atoms with van der Waals surface area (Å²) in [4.78, 5) is 2.44. The number of aliphatic hydroxyl groups is 1. The highest BCUT2D eigenvalue weighted by molar-refractivity contribution is 4.97. The van der Waals surface area contributed by atoms with Gasteiger partial charge in [-0.25, -0.2) is 0 Å². The van der Waals surface area contributed by atoms with Crippen molar-refractivity contribution in [1.29, 1.82) is 0 Å². The van der Waals surface area contributed by atoms with E-state index in [1.807, 2.05) is 0 Å². The molecule has 0 bridgehead atoms. The molecule has 0 aromatic carbocycles. The number of rotatable bonds is 2. The van der Waals surface area contributed by atoms with Crippen molar-refractivity contribution in [2.45, 2.75) is 57.8 Å². The van der Waals surface area contributed by atoms with Gasteiger partial charge in [0.25, 0.3) is 0 Å². The third kappa shape index (κ3) is 2.27. The molecule has 0 radical (unpaired) electrons. The van der Waals surface area contributed by atoms with Crippen LogP contribution < -0.4 is 0 Å². The van der Waals surface area contributed by atoms with Gasteiger partial charge < -0.3 is 9.84 Å². The first-order valence-corrected chi connectivity index (χ1v) is 6.49. The van der Waals surface area contributed by atoms with E-state index in [-0.39, 0.29) is 11.5 Å². The fourth-order valence-corrected chi connectivity index (χ4v) is 3.19. The third-order valence-corrected chi connectivity index (χ3v) is 4.46. The van der Waals surface area contributed by atoms with Crippen LogP contribution in [0.15, 0.2) is 0 Å². The zero-order chi connectivity index (χ0) is 11.8. The molecule has 2 aliphatic rings. The topological polar surface area (TPSA) is 32.7 Å². The van der Waals surface area contributed by atoms with Crippen molar-refractivity contribution in [1.82, 2.24) is 4.90 Å². The number of likely N-dealkylation sites (tertiary alicyclic amines) is 1. The average Bonchev–Trinajstić information content (AvgIpc) is 2.55. The minimum atomic E-state index is -0.178. The largest absolute Gasteiger partial charge is 0.391 e. The molecule has 3 nitrogen and oxygen atoms in total. The summed E-state index contributed by atoms with van der Waals surface area (Å²) < 4.78 is 5.44. The molecule has 0 spiro atoms. The third-order valence-electron chi connectivity index (χ3n) is 4.46. The highest BCUT2D eigenvalue weighted by atomic mass is 16.5. The zero-order valence-electron chi connectivity index (χ0n) is 10.8. The van der Waals surface area contributed by atoms with Crippen LogP contribution in [0, 0.1) is 5.41 Å². The Balaban J connectivity index is 1.97. The van der Waals surface area contributed by atoms with Crippen molar-refractivity contribution in [3.05, 3.63) is 0 Å². The van der Waals surface area contributed by atoms with Gasteiger partial charge in [0.2, 0.25) is 0 Å². The molecule has 1 aliphatic heterocycles. The van der Waals surface area contributed by atoms with Crippen molar-refractivity contribution in [2.24, 2.45) is 5.41 Å². The minimum absolute atomic E-state index is 0.0880. The SMILES string of the molecule is COC1CCCN(C2CCC(C)(C)C2O)C1. The van der Waals surface area contributed by atoms with Crippen LogP contribution in [0.5, 0.6) is 0 Å². The molecule has 1 saturated carbocycles. The Hall–Kier alpha value is -0.120. The van der Waals surface area contributed by atoms with E-state index in [0.717, 1.165) is 25.9 Å². The molecule has 1 N–H and O–H groups in total. The first-order chi connectivity index (χ1) is 7.54. The molecular formula is C13H25NO2. The second kappa shape index (κ2) is 4.63. The van der Waals surface area contributed by atoms with Gasteiger partial charge in [-0.05, 0) is 37.6 Å². The number of ether oxygens (including phenoxy) is 1. The molecule has 3 heteroatoms. The van der Waals surface area contributed by atoms with E-state index in [1.54, 1.807) is 7.11 Å². The number of nitrogens with zero attached hydrogens (tertiary/aromatic N) is 1. The lowest BCUT2D eigenvalue weighted by Gasteiger charge is -2.39. The van der Waals surface area contributed by atoms with E-state index in [0.29, 0.717) is 12.1 Å². The zero-order valence-corrected chi connectivity index (χ0v) is 10.8. The lowest BCUT2D eigenvalue weighted by atomic mass is 9.88. The smallest absolute Gasteiger partial charge is 0.0746 e. The van der Waals surface area contributed by atoms with Crippen LogP contribution in [0.4, 0.5) is 0 Å². The lowest BCUT2D eigenvalue weighted by Crippen LogP contribution is -2.50. The number of piperidine rings is 1. The van der Waals surface area contributed by atoms with Gasteiger partial charge >= 0.3 is 0 Å². The number of aliphatic hydroxyl groups excluding tert-OH is 1. The molecule has 2 rings (SSSR count). The standard InChI is InChI=1S/C13H25NO2/c1-13(2)7-6-11(12(13)15)14-8-4-5-10(9-14)16-3/h10-12,15H,4-9H2,1-3H3. The molecular weight excluding hydrogens is 202 g/mol. The summed E-state index contributed by atoms with van der Waals surface area (Å²) in [6.45, 7) is 6.47. The molecule has 0 aromatic rings. The molecule has 1 heterocycles. The summed E-state index contributed by atoms with van der Waals surface area (Å²) in [5.41, 5.74) is 0.0880. The van der Waals surface area contributed by atoms with Crippen LogP contribution in [0.25, 0.3) is 0 Å². The Morgan fingerprint density at radius 1 is 1.31 bits per heavy atom. The average molecular weight is 227 g/mol. The molecule has 94 valence electrons. The maximum absolute atomic E-state index is 10.3. The van der Waals surface area contributed by atoms with Crippen molar-refractivity contribution < 1.29 is 9.84 Å². The Morgan fingerprint density at radius 3 is 2.62 bits per heavy atom. The second-order valence-corrected chi connectivity index (χ2v) is 6.03. The monoisotopic (exact) mass is 227 g/mol. The Labute approximate surface area is 98.8 Å². The van der Waals surface area contributed by atoms with Gasteiger partial charge in [-0.2, -0.15) is 0 Å². The minimum Gasteiger partial charge on any atom is -0.391 e. The summed E-state index contributed by atoms with van der Waals surface area (Å²) in [5, 5.41) is 10.3. The molecule has 0 aromatic heterocycles. The Morgan fingerprint density at radius 2 is 2.06 bits per heavy atom. The summed E-state index contributed by atoms with van der Waals surface area (Å²) >= 11 is 0. The molecule has 2 fully saturated rings. The van der Waals surface area contributed by atoms with Crippen molar-refractivity contribution >= 4 is 0 Å². The highest BCUT2D eigenvalue weighted by Crippen LogP contribution is 2.40. The highest BCUT2D eigenvalue weighted by Gasteiger charge is 2.44. The van der Waals surface area contributed by atoms with Gasteiger partial charge in [-0.15, -0.1) is 0 Å². The first kappa shape index (κ1) is 12.3.